The van der Waals surface area contributed by atoms with Gasteiger partial charge in [-0.2, -0.15) is 20.5 Å². The van der Waals surface area contributed by atoms with E-state index in [1.165, 1.54) is 0 Å². The second kappa shape index (κ2) is 5.44. The van der Waals surface area contributed by atoms with Gasteiger partial charge in [-0.25, -0.2) is 9.78 Å². The van der Waals surface area contributed by atoms with Crippen LogP contribution in [0, 0.1) is 0 Å². The molecule has 1 aromatic carbocycles. The van der Waals surface area contributed by atoms with Gasteiger partial charge in [-0.3, -0.25) is 14.3 Å². The van der Waals surface area contributed by atoms with Gasteiger partial charge >= 0.3 is 12.6 Å². The van der Waals surface area contributed by atoms with Crippen molar-refractivity contribution in [1.29, 1.82) is 0 Å². The summed E-state index contributed by atoms with van der Waals surface area (Å²) in [5, 5.41) is 2.72. The number of rotatable bonds is 3. The molecule has 3 amide bonds. The number of fused-ring (bicyclic) bond motifs is 1. The number of para-hydroxylation sites is 2. The lowest BCUT2D eigenvalue weighted by atomic mass is 9.99. The monoisotopic (exact) mass is 352 g/mol. The largest absolute Gasteiger partial charge is 0.325 e. The molecule has 2 aliphatic rings. The maximum Gasteiger partial charge on any atom is 0.325 e. The molecule has 4 rings (SSSR count). The highest BCUT2D eigenvalue weighted by atomic mass is 32.2. The molecular weight excluding hydrogens is 338 g/mol. The van der Waals surface area contributed by atoms with E-state index >= 15 is 0 Å². The van der Waals surface area contributed by atoms with Crippen molar-refractivity contribution in [2.24, 2.45) is 0 Å². The van der Waals surface area contributed by atoms with Gasteiger partial charge in [-0.1, -0.05) is 12.1 Å². The summed E-state index contributed by atoms with van der Waals surface area (Å²) in [5.74, 6) is 0.942. The molecule has 6 nitrogen and oxygen atoms in total. The zero-order valence-corrected chi connectivity index (χ0v) is 13.4. The minimum absolute atomic E-state index is 0.00241. The number of amides is 3. The quantitative estimate of drug-likeness (QED) is 0.861. The van der Waals surface area contributed by atoms with Crippen LogP contribution in [-0.2, 0) is 11.3 Å². The minimum Gasteiger partial charge on any atom is -0.322 e. The van der Waals surface area contributed by atoms with Gasteiger partial charge in [0, 0.05) is 5.75 Å². The van der Waals surface area contributed by atoms with E-state index < -0.39 is 18.1 Å². The molecule has 2 aliphatic heterocycles. The highest BCUT2D eigenvalue weighted by Crippen LogP contribution is 2.34. The highest BCUT2D eigenvalue weighted by molar-refractivity contribution is 7.99. The van der Waals surface area contributed by atoms with E-state index in [0.29, 0.717) is 17.7 Å². The lowest BCUT2D eigenvalue weighted by molar-refractivity contribution is -0.131. The average Bonchev–Trinajstić information content (AvgIpc) is 3.21. The van der Waals surface area contributed by atoms with E-state index in [1.54, 1.807) is 36.0 Å². The molecule has 126 valence electrons. The zero-order valence-electron chi connectivity index (χ0n) is 12.5. The maximum atomic E-state index is 13.5. The molecule has 1 unspecified atom stereocenters. The van der Waals surface area contributed by atoms with Gasteiger partial charge in [-0.15, -0.1) is 0 Å². The fourth-order valence-corrected chi connectivity index (χ4v) is 4.54. The molecule has 0 radical (unpaired) electrons. The predicted molar refractivity (Wildman–Crippen MR) is 84.7 cm³/mol. The van der Waals surface area contributed by atoms with Crippen LogP contribution in [0.4, 0.5) is 13.6 Å². The number of benzene rings is 1. The van der Waals surface area contributed by atoms with Crippen LogP contribution in [0.1, 0.15) is 18.8 Å². The Labute approximate surface area is 140 Å². The summed E-state index contributed by atoms with van der Waals surface area (Å²) < 4.78 is 27.7. The third kappa shape index (κ3) is 2.18. The number of alkyl halides is 2. The van der Waals surface area contributed by atoms with Crippen molar-refractivity contribution in [3.63, 3.8) is 0 Å². The normalized spacial score (nSPS) is 23.9. The van der Waals surface area contributed by atoms with Gasteiger partial charge in [0.15, 0.2) is 0 Å². The number of thioether (sulfide) groups is 1. The summed E-state index contributed by atoms with van der Waals surface area (Å²) in [7, 11) is 0. The number of nitrogens with zero attached hydrogens (tertiary/aromatic N) is 3. The van der Waals surface area contributed by atoms with E-state index in [2.05, 4.69) is 10.3 Å². The Kier molecular flexibility index (Phi) is 3.48. The first-order valence-corrected chi connectivity index (χ1v) is 8.63. The third-order valence-corrected chi connectivity index (χ3v) is 5.62. The van der Waals surface area contributed by atoms with Crippen LogP contribution >= 0.6 is 11.8 Å². The number of carbonyl (C=O) groups excluding carboxylic acids is 2. The number of aromatic nitrogens is 2. The van der Waals surface area contributed by atoms with Crippen LogP contribution in [0.2, 0.25) is 0 Å². The molecule has 0 bridgehead atoms. The number of carbonyl (C=O) groups is 2. The molecule has 0 aliphatic carbocycles. The van der Waals surface area contributed by atoms with E-state index in [0.717, 1.165) is 15.2 Å². The maximum absolute atomic E-state index is 13.5. The summed E-state index contributed by atoms with van der Waals surface area (Å²) in [4.78, 5) is 30.0. The van der Waals surface area contributed by atoms with Gasteiger partial charge < -0.3 is 5.32 Å². The summed E-state index contributed by atoms with van der Waals surface area (Å²) >= 11 is 1.59. The molecule has 2 fully saturated rings. The molecule has 2 saturated heterocycles. The highest BCUT2D eigenvalue weighted by Gasteiger charge is 2.53. The lowest BCUT2D eigenvalue weighted by Gasteiger charge is -2.19. The van der Waals surface area contributed by atoms with Gasteiger partial charge in [-0.05, 0) is 24.3 Å². The topological polar surface area (TPSA) is 67.2 Å². The van der Waals surface area contributed by atoms with Crippen LogP contribution in [-0.4, -0.2) is 43.4 Å². The minimum atomic E-state index is -2.80. The van der Waals surface area contributed by atoms with Gasteiger partial charge in [0.1, 0.15) is 11.4 Å². The van der Waals surface area contributed by atoms with Gasteiger partial charge in [0.05, 0.1) is 17.6 Å². The lowest BCUT2D eigenvalue weighted by Crippen LogP contribution is -2.47. The van der Waals surface area contributed by atoms with Crippen molar-refractivity contribution < 1.29 is 18.4 Å². The van der Waals surface area contributed by atoms with E-state index in [-0.39, 0.29) is 23.8 Å². The molecule has 1 aromatic heterocycles. The summed E-state index contributed by atoms with van der Waals surface area (Å²) in [6.07, 6.45) is 0.560. The number of nitrogens with one attached hydrogen (secondary N) is 1. The Hall–Kier alpha value is -2.16. The van der Waals surface area contributed by atoms with Crippen molar-refractivity contribution in [1.82, 2.24) is 19.8 Å². The van der Waals surface area contributed by atoms with Crippen molar-refractivity contribution in [2.75, 3.05) is 11.5 Å². The van der Waals surface area contributed by atoms with E-state index in [4.69, 9.17) is 0 Å². The predicted octanol–water partition coefficient (Wildman–Crippen LogP) is 2.36. The molecule has 3 heterocycles. The molecule has 1 N–H and O–H groups in total. The van der Waals surface area contributed by atoms with Crippen molar-refractivity contribution >= 4 is 34.7 Å². The summed E-state index contributed by atoms with van der Waals surface area (Å²) in [5.41, 5.74) is -0.199. The smallest absolute Gasteiger partial charge is 0.322 e. The van der Waals surface area contributed by atoms with Gasteiger partial charge in [0.25, 0.3) is 5.91 Å². The van der Waals surface area contributed by atoms with E-state index in [9.17, 15) is 18.4 Å². The number of imidazole rings is 1. The van der Waals surface area contributed by atoms with Gasteiger partial charge in [0.2, 0.25) is 0 Å². The molecule has 1 spiro atoms. The number of halogens is 2. The zero-order chi connectivity index (χ0) is 16.9. The van der Waals surface area contributed by atoms with Crippen molar-refractivity contribution in [3.8, 4) is 0 Å². The van der Waals surface area contributed by atoms with Crippen LogP contribution < -0.4 is 5.32 Å². The Morgan fingerprint density at radius 1 is 1.33 bits per heavy atom. The molecule has 9 heteroatoms. The Morgan fingerprint density at radius 2 is 2.12 bits per heavy atom. The van der Waals surface area contributed by atoms with Crippen LogP contribution in [0.5, 0.6) is 0 Å². The number of imide groups is 1. The number of urea groups is 1. The first-order valence-electron chi connectivity index (χ1n) is 7.48. The second-order valence-electron chi connectivity index (χ2n) is 5.87. The first kappa shape index (κ1) is 15.4. The van der Waals surface area contributed by atoms with Crippen molar-refractivity contribution in [2.45, 2.75) is 25.1 Å². The Balaban J connectivity index is 1.71. The average molecular weight is 352 g/mol. The van der Waals surface area contributed by atoms with Crippen LogP contribution in [0.3, 0.4) is 0 Å². The Bertz CT molecular complexity index is 832. The molecule has 2 aromatic rings. The summed E-state index contributed by atoms with van der Waals surface area (Å²) in [6.45, 7) is -3.07. The summed E-state index contributed by atoms with van der Waals surface area (Å²) in [6, 6.07) is 5.96. The second-order valence-corrected chi connectivity index (χ2v) is 6.98. The van der Waals surface area contributed by atoms with E-state index in [1.807, 2.05) is 0 Å². The number of hydrogen-bond acceptors (Lipinski definition) is 4. The molecular formula is C15H14F2N4O2S. The fourth-order valence-electron chi connectivity index (χ4n) is 3.22. The molecule has 0 saturated carbocycles. The van der Waals surface area contributed by atoms with Crippen LogP contribution in [0.15, 0.2) is 24.3 Å². The number of hydrogen-bond donors (Lipinski definition) is 1. The third-order valence-electron chi connectivity index (χ3n) is 4.43. The molecule has 24 heavy (non-hydrogen) atoms. The fraction of sp³-hybridized carbons (Fsp3) is 0.400. The van der Waals surface area contributed by atoms with Crippen molar-refractivity contribution in [3.05, 3.63) is 30.1 Å². The Morgan fingerprint density at radius 3 is 2.83 bits per heavy atom. The molecule has 1 atom stereocenters. The standard InChI is InChI=1S/C15H14F2N4O2S/c16-13(17)21-10-4-2-1-3-9(10)18-11(21)7-20-12(22)15(19-14(20)23)5-6-24-8-15/h1-4,13H,5-8H2,(H,19,23). The SMILES string of the molecule is O=C1NC2(CCSC2)C(=O)N1Cc1nc2ccccc2n1C(F)F. The first-order chi connectivity index (χ1) is 11.5. The van der Waals surface area contributed by atoms with Crippen LogP contribution in [0.25, 0.3) is 11.0 Å².